The molecule has 0 bridgehead atoms. The summed E-state index contributed by atoms with van der Waals surface area (Å²) in [6.07, 6.45) is 3.40. The minimum Gasteiger partial charge on any atom is -0.352 e. The van der Waals surface area contributed by atoms with Crippen molar-refractivity contribution in [1.29, 1.82) is 0 Å². The van der Waals surface area contributed by atoms with Crippen LogP contribution in [0.2, 0.25) is 0 Å². The summed E-state index contributed by atoms with van der Waals surface area (Å²) in [6.45, 7) is 5.26. The molecule has 6 nitrogen and oxygen atoms in total. The van der Waals surface area contributed by atoms with Gasteiger partial charge in [0.1, 0.15) is 0 Å². The van der Waals surface area contributed by atoms with Crippen LogP contribution in [0.4, 0.5) is 0 Å². The lowest BCUT2D eigenvalue weighted by Crippen LogP contribution is -2.27. The van der Waals surface area contributed by atoms with Crippen LogP contribution < -0.4 is 10.6 Å². The van der Waals surface area contributed by atoms with E-state index in [2.05, 4.69) is 73.0 Å². The fraction of sp³-hybridized carbons (Fsp3) is 0.200. The summed E-state index contributed by atoms with van der Waals surface area (Å²) in [7, 11) is 0. The molecule has 6 aromatic rings. The quantitative estimate of drug-likeness (QED) is 0.146. The van der Waals surface area contributed by atoms with Crippen molar-refractivity contribution in [2.75, 3.05) is 13.1 Å². The predicted octanol–water partition coefficient (Wildman–Crippen LogP) is 8.18. The summed E-state index contributed by atoms with van der Waals surface area (Å²) in [5, 5.41) is 7.81. The second-order valence-corrected chi connectivity index (χ2v) is 11.5. The molecule has 0 spiro atoms. The Morgan fingerprint density at radius 3 is 1.33 bits per heavy atom. The van der Waals surface area contributed by atoms with Gasteiger partial charge in [0, 0.05) is 35.0 Å². The number of nitrogens with zero attached hydrogens (tertiary/aromatic N) is 2. The van der Waals surface area contributed by atoms with Crippen molar-refractivity contribution in [2.24, 2.45) is 0 Å². The van der Waals surface area contributed by atoms with E-state index in [1.54, 1.807) is 0 Å². The zero-order chi connectivity index (χ0) is 31.9. The first-order valence-corrected chi connectivity index (χ1v) is 16.1. The number of benzene rings is 4. The third-order valence-electron chi connectivity index (χ3n) is 8.41. The van der Waals surface area contributed by atoms with E-state index >= 15 is 0 Å². The van der Waals surface area contributed by atoms with Crippen molar-refractivity contribution in [2.45, 2.75) is 39.5 Å². The molecule has 2 heterocycles. The first-order valence-electron chi connectivity index (χ1n) is 16.1. The van der Waals surface area contributed by atoms with Crippen molar-refractivity contribution < 1.29 is 9.59 Å². The van der Waals surface area contributed by atoms with Crippen LogP contribution in [0.15, 0.2) is 109 Å². The van der Waals surface area contributed by atoms with E-state index in [0.29, 0.717) is 24.2 Å². The normalized spacial score (nSPS) is 11.1. The lowest BCUT2D eigenvalue weighted by molar-refractivity contribution is 0.0941. The van der Waals surface area contributed by atoms with Gasteiger partial charge in [-0.3, -0.25) is 9.59 Å². The molecule has 6 heteroatoms. The molecule has 0 aliphatic heterocycles. The molecule has 6 rings (SSSR count). The summed E-state index contributed by atoms with van der Waals surface area (Å²) in [4.78, 5) is 36.4. The smallest absolute Gasteiger partial charge is 0.252 e. The zero-order valence-corrected chi connectivity index (χ0v) is 26.3. The number of nitrogens with one attached hydrogen (secondary N) is 2. The molecule has 2 N–H and O–H groups in total. The van der Waals surface area contributed by atoms with Gasteiger partial charge in [-0.1, -0.05) is 98.8 Å². The molecule has 0 aliphatic carbocycles. The largest absolute Gasteiger partial charge is 0.352 e. The molecule has 46 heavy (non-hydrogen) atoms. The van der Waals surface area contributed by atoms with Crippen LogP contribution in [0, 0.1) is 0 Å². The van der Waals surface area contributed by atoms with E-state index in [1.807, 2.05) is 60.7 Å². The second kappa shape index (κ2) is 14.2. The van der Waals surface area contributed by atoms with E-state index in [4.69, 9.17) is 9.97 Å². The molecule has 0 radical (unpaired) electrons. The van der Waals surface area contributed by atoms with Crippen LogP contribution in [-0.4, -0.2) is 34.9 Å². The summed E-state index contributed by atoms with van der Waals surface area (Å²) in [6, 6.07) is 35.9. The summed E-state index contributed by atoms with van der Waals surface area (Å²) < 4.78 is 0. The van der Waals surface area contributed by atoms with Crippen LogP contribution in [-0.2, 0) is 12.8 Å². The first-order chi connectivity index (χ1) is 22.5. The molecule has 0 aliphatic rings. The average Bonchev–Trinajstić information content (AvgIpc) is 3.12. The van der Waals surface area contributed by atoms with Gasteiger partial charge in [0.2, 0.25) is 0 Å². The van der Waals surface area contributed by atoms with Crippen LogP contribution in [0.3, 0.4) is 0 Å². The molecule has 0 unspecified atom stereocenters. The molecule has 0 saturated carbocycles. The fourth-order valence-electron chi connectivity index (χ4n) is 5.69. The van der Waals surface area contributed by atoms with Crippen molar-refractivity contribution in [3.63, 3.8) is 0 Å². The number of carbonyl (C=O) groups is 2. The molecular weight excluding hydrogens is 568 g/mol. The number of aryl methyl sites for hydroxylation is 2. The molecule has 2 aromatic heterocycles. The molecule has 4 aromatic carbocycles. The Balaban J connectivity index is 1.08. The topological polar surface area (TPSA) is 84.0 Å². The number of carbonyl (C=O) groups excluding carboxylic acids is 2. The average molecular weight is 607 g/mol. The van der Waals surface area contributed by atoms with E-state index in [9.17, 15) is 9.59 Å². The van der Waals surface area contributed by atoms with Crippen LogP contribution in [0.1, 0.15) is 58.5 Å². The Labute approximate surface area is 269 Å². The van der Waals surface area contributed by atoms with Crippen LogP contribution >= 0.6 is 0 Å². The highest BCUT2D eigenvalue weighted by Crippen LogP contribution is 2.27. The van der Waals surface area contributed by atoms with Crippen LogP contribution in [0.5, 0.6) is 0 Å². The number of pyridine rings is 2. The molecular formula is C40H38N4O2. The third kappa shape index (κ3) is 6.81. The maximum absolute atomic E-state index is 13.4. The number of unbranched alkanes of at least 4 members (excludes halogenated alkanes) is 1. The summed E-state index contributed by atoms with van der Waals surface area (Å²) >= 11 is 0. The van der Waals surface area contributed by atoms with E-state index in [1.165, 1.54) is 11.1 Å². The highest BCUT2D eigenvalue weighted by atomic mass is 16.2. The van der Waals surface area contributed by atoms with Gasteiger partial charge in [-0.25, -0.2) is 9.97 Å². The Bertz CT molecular complexity index is 1850. The van der Waals surface area contributed by atoms with Crippen molar-refractivity contribution in [1.82, 2.24) is 20.6 Å². The molecule has 0 atom stereocenters. The van der Waals surface area contributed by atoms with Gasteiger partial charge in [-0.2, -0.15) is 0 Å². The minimum absolute atomic E-state index is 0.128. The van der Waals surface area contributed by atoms with E-state index in [0.717, 1.165) is 70.0 Å². The molecule has 2 amide bonds. The maximum atomic E-state index is 13.4. The predicted molar refractivity (Wildman–Crippen MR) is 187 cm³/mol. The van der Waals surface area contributed by atoms with Gasteiger partial charge >= 0.3 is 0 Å². The Morgan fingerprint density at radius 1 is 0.543 bits per heavy atom. The van der Waals surface area contributed by atoms with Gasteiger partial charge in [0.15, 0.2) is 0 Å². The third-order valence-corrected chi connectivity index (χ3v) is 8.41. The maximum Gasteiger partial charge on any atom is 0.252 e. The Morgan fingerprint density at radius 2 is 0.935 bits per heavy atom. The van der Waals surface area contributed by atoms with E-state index < -0.39 is 0 Å². The van der Waals surface area contributed by atoms with Crippen molar-refractivity contribution in [3.05, 3.63) is 131 Å². The lowest BCUT2D eigenvalue weighted by atomic mass is 10.0. The number of hydrogen-bond donors (Lipinski definition) is 2. The van der Waals surface area contributed by atoms with Crippen molar-refractivity contribution >= 4 is 33.6 Å². The zero-order valence-electron chi connectivity index (χ0n) is 26.3. The summed E-state index contributed by atoms with van der Waals surface area (Å²) in [5.74, 6) is -0.256. The monoisotopic (exact) mass is 606 g/mol. The second-order valence-electron chi connectivity index (χ2n) is 11.5. The number of fused-ring (bicyclic) bond motifs is 2. The van der Waals surface area contributed by atoms with Gasteiger partial charge in [0.05, 0.1) is 33.5 Å². The highest BCUT2D eigenvalue weighted by Gasteiger charge is 2.15. The SMILES string of the molecule is CCc1ccc(-c2cc(C(=O)NCCCCNC(=O)c3cc(-c4ccc(CC)cc4)nc4ccccc34)c3ccccc3n2)cc1. The number of para-hydroxylation sites is 2. The number of amides is 2. The fourth-order valence-corrected chi connectivity index (χ4v) is 5.69. The van der Waals surface area contributed by atoms with Gasteiger partial charge in [-0.15, -0.1) is 0 Å². The number of rotatable bonds is 11. The summed E-state index contributed by atoms with van der Waals surface area (Å²) in [5.41, 5.74) is 8.83. The molecule has 230 valence electrons. The molecule has 0 saturated heterocycles. The first kappa shape index (κ1) is 30.7. The van der Waals surface area contributed by atoms with Gasteiger partial charge in [0.25, 0.3) is 11.8 Å². The standard InChI is InChI=1S/C40H38N4O2/c1-3-27-15-19-29(20-16-27)37-25-33(31-11-5-7-13-35(31)43-37)39(45)41-23-9-10-24-42-40(46)34-26-38(30-21-17-28(4-2)18-22-30)44-36-14-8-6-12-32(34)36/h5-8,11-22,25-26H,3-4,9-10,23-24H2,1-2H3,(H,41,45)(H,42,46). The van der Waals surface area contributed by atoms with Gasteiger partial charge < -0.3 is 10.6 Å². The minimum atomic E-state index is -0.128. The Hall–Kier alpha value is -5.36. The van der Waals surface area contributed by atoms with Crippen LogP contribution in [0.25, 0.3) is 44.3 Å². The molecule has 0 fully saturated rings. The van der Waals surface area contributed by atoms with Gasteiger partial charge in [-0.05, 0) is 61.1 Å². The number of aromatic nitrogens is 2. The lowest BCUT2D eigenvalue weighted by Gasteiger charge is -2.12. The highest BCUT2D eigenvalue weighted by molar-refractivity contribution is 6.08. The van der Waals surface area contributed by atoms with E-state index in [-0.39, 0.29) is 11.8 Å². The van der Waals surface area contributed by atoms with Crippen molar-refractivity contribution in [3.8, 4) is 22.5 Å². The Kier molecular flexibility index (Phi) is 9.44. The number of hydrogen-bond acceptors (Lipinski definition) is 4.